The number of benzene rings is 1. The molecule has 3 aromatic rings. The summed E-state index contributed by atoms with van der Waals surface area (Å²) in [6.07, 6.45) is 6.33. The number of amides is 1. The van der Waals surface area contributed by atoms with Crippen molar-refractivity contribution in [1.29, 1.82) is 0 Å². The van der Waals surface area contributed by atoms with Gasteiger partial charge in [0.2, 0.25) is 0 Å². The first kappa shape index (κ1) is 20.4. The highest BCUT2D eigenvalue weighted by Gasteiger charge is 2.53. The number of primary amides is 1. The number of aromatic amines is 1. The van der Waals surface area contributed by atoms with Crippen molar-refractivity contribution in [2.75, 3.05) is 25.9 Å². The standard InChI is InChI=1S/C21H26FN5O3S/c1-20(5-7-26(8-6-20)12-21(3-4-21)31(2,29)30)15-11-24-27-17-14(18(23)28)9-13(22)10-16(17)25-19(15)27/h9-11,25H,3-8,12H2,1-2H3,(H2,23,28). The molecule has 1 aromatic carbocycles. The van der Waals surface area contributed by atoms with Crippen LogP contribution in [0.2, 0.25) is 0 Å². The van der Waals surface area contributed by atoms with Crippen LogP contribution in [0, 0.1) is 5.82 Å². The topological polar surface area (TPSA) is 114 Å². The molecule has 0 bridgehead atoms. The maximum absolute atomic E-state index is 14.0. The number of nitrogens with zero attached hydrogens (tertiary/aromatic N) is 3. The first-order valence-corrected chi connectivity index (χ1v) is 12.3. The number of carbonyl (C=O) groups is 1. The molecule has 1 saturated heterocycles. The molecule has 2 aromatic heterocycles. The summed E-state index contributed by atoms with van der Waals surface area (Å²) in [6.45, 7) is 4.36. The molecule has 8 nitrogen and oxygen atoms in total. The zero-order chi connectivity index (χ0) is 22.2. The summed E-state index contributed by atoms with van der Waals surface area (Å²) in [6, 6.07) is 2.47. The van der Waals surface area contributed by atoms with Gasteiger partial charge < -0.3 is 15.6 Å². The normalized spacial score (nSPS) is 21.0. The van der Waals surface area contributed by atoms with Crippen molar-refractivity contribution >= 4 is 32.4 Å². The highest BCUT2D eigenvalue weighted by molar-refractivity contribution is 7.92. The molecule has 5 rings (SSSR count). The average molecular weight is 448 g/mol. The number of piperidine rings is 1. The Labute approximate surface area is 179 Å². The number of sulfone groups is 1. The fourth-order valence-corrected chi connectivity index (χ4v) is 6.25. The average Bonchev–Trinajstić information content (AvgIpc) is 3.23. The van der Waals surface area contributed by atoms with E-state index >= 15 is 0 Å². The van der Waals surface area contributed by atoms with Crippen LogP contribution in [0.25, 0.3) is 16.7 Å². The molecule has 1 saturated carbocycles. The van der Waals surface area contributed by atoms with Crippen molar-refractivity contribution in [3.05, 3.63) is 35.3 Å². The summed E-state index contributed by atoms with van der Waals surface area (Å²) in [5.74, 6) is -1.24. The van der Waals surface area contributed by atoms with Crippen LogP contribution in [0.1, 0.15) is 48.5 Å². The first-order valence-electron chi connectivity index (χ1n) is 10.4. The zero-order valence-electron chi connectivity index (χ0n) is 17.6. The van der Waals surface area contributed by atoms with E-state index in [-0.39, 0.29) is 11.0 Å². The SMILES string of the molecule is CC1(c2cnn3c2[nH]c2cc(F)cc(C(N)=O)c23)CCN(CC2(S(C)(=O)=O)CC2)CC1. The lowest BCUT2D eigenvalue weighted by Gasteiger charge is -2.40. The number of H-pyrrole nitrogens is 1. The second-order valence-corrected chi connectivity index (χ2v) is 11.9. The summed E-state index contributed by atoms with van der Waals surface area (Å²) in [4.78, 5) is 17.3. The van der Waals surface area contributed by atoms with Gasteiger partial charge in [0, 0.05) is 23.8 Å². The molecule has 10 heteroatoms. The van der Waals surface area contributed by atoms with Crippen molar-refractivity contribution in [3.8, 4) is 0 Å². The fraction of sp³-hybridized carbons (Fsp3) is 0.524. The van der Waals surface area contributed by atoms with Crippen LogP contribution in [0.5, 0.6) is 0 Å². The van der Waals surface area contributed by atoms with E-state index in [0.29, 0.717) is 17.6 Å². The molecule has 31 heavy (non-hydrogen) atoms. The van der Waals surface area contributed by atoms with Gasteiger partial charge in [0.25, 0.3) is 5.91 Å². The Hall–Kier alpha value is -2.46. The third-order valence-electron chi connectivity index (χ3n) is 7.29. The van der Waals surface area contributed by atoms with Crippen LogP contribution < -0.4 is 5.73 Å². The van der Waals surface area contributed by atoms with Gasteiger partial charge in [-0.1, -0.05) is 6.92 Å². The summed E-state index contributed by atoms with van der Waals surface area (Å²) in [7, 11) is -3.05. The van der Waals surface area contributed by atoms with Gasteiger partial charge in [-0.25, -0.2) is 17.3 Å². The van der Waals surface area contributed by atoms with Gasteiger partial charge in [0.15, 0.2) is 9.84 Å². The van der Waals surface area contributed by atoms with Crippen molar-refractivity contribution in [2.45, 2.75) is 42.8 Å². The highest BCUT2D eigenvalue weighted by Crippen LogP contribution is 2.45. The van der Waals surface area contributed by atoms with Gasteiger partial charge in [-0.3, -0.25) is 4.79 Å². The number of hydrogen-bond acceptors (Lipinski definition) is 5. The van der Waals surface area contributed by atoms with Gasteiger partial charge >= 0.3 is 0 Å². The molecule has 0 atom stereocenters. The number of aromatic nitrogens is 3. The quantitative estimate of drug-likeness (QED) is 0.621. The number of likely N-dealkylation sites (tertiary alicyclic amines) is 1. The maximum Gasteiger partial charge on any atom is 0.251 e. The minimum atomic E-state index is -3.05. The minimum absolute atomic E-state index is 0.0892. The summed E-state index contributed by atoms with van der Waals surface area (Å²) >= 11 is 0. The van der Waals surface area contributed by atoms with Crippen LogP contribution in [-0.2, 0) is 15.3 Å². The molecular weight excluding hydrogens is 421 g/mol. The van der Waals surface area contributed by atoms with E-state index in [4.69, 9.17) is 5.73 Å². The maximum atomic E-state index is 14.0. The molecule has 0 radical (unpaired) electrons. The van der Waals surface area contributed by atoms with Crippen LogP contribution >= 0.6 is 0 Å². The number of fused-ring (bicyclic) bond motifs is 3. The first-order chi connectivity index (χ1) is 14.5. The van der Waals surface area contributed by atoms with Crippen molar-refractivity contribution < 1.29 is 17.6 Å². The monoisotopic (exact) mass is 447 g/mol. The predicted molar refractivity (Wildman–Crippen MR) is 115 cm³/mol. The van der Waals surface area contributed by atoms with Crippen molar-refractivity contribution in [2.24, 2.45) is 5.73 Å². The van der Waals surface area contributed by atoms with Crippen LogP contribution in [0.15, 0.2) is 18.3 Å². The van der Waals surface area contributed by atoms with E-state index in [0.717, 1.165) is 56.0 Å². The van der Waals surface area contributed by atoms with E-state index in [1.807, 2.05) is 0 Å². The number of hydrogen-bond donors (Lipinski definition) is 2. The number of carbonyl (C=O) groups excluding carboxylic acids is 1. The fourth-order valence-electron chi connectivity index (χ4n) is 4.99. The van der Waals surface area contributed by atoms with Gasteiger partial charge in [-0.05, 0) is 50.9 Å². The van der Waals surface area contributed by atoms with Crippen LogP contribution in [-0.4, -0.2) is 64.5 Å². The third kappa shape index (κ3) is 3.15. The Morgan fingerprint density at radius 1 is 1.26 bits per heavy atom. The van der Waals surface area contributed by atoms with E-state index < -0.39 is 26.3 Å². The van der Waals surface area contributed by atoms with Gasteiger partial charge in [0.1, 0.15) is 17.0 Å². The van der Waals surface area contributed by atoms with E-state index in [1.54, 1.807) is 10.7 Å². The number of halogens is 1. The lowest BCUT2D eigenvalue weighted by atomic mass is 9.75. The molecule has 2 fully saturated rings. The van der Waals surface area contributed by atoms with Gasteiger partial charge in [-0.2, -0.15) is 5.10 Å². The largest absolute Gasteiger partial charge is 0.366 e. The predicted octanol–water partition coefficient (Wildman–Crippen LogP) is 1.98. The summed E-state index contributed by atoms with van der Waals surface area (Å²) < 4.78 is 39.3. The molecule has 3 heterocycles. The van der Waals surface area contributed by atoms with E-state index in [2.05, 4.69) is 21.9 Å². The summed E-state index contributed by atoms with van der Waals surface area (Å²) in [5, 5.41) is 4.48. The molecule has 1 aliphatic carbocycles. The molecule has 166 valence electrons. The highest BCUT2D eigenvalue weighted by atomic mass is 32.2. The van der Waals surface area contributed by atoms with Gasteiger partial charge in [-0.15, -0.1) is 0 Å². The Balaban J connectivity index is 1.45. The molecule has 1 amide bonds. The smallest absolute Gasteiger partial charge is 0.251 e. The number of nitrogens with two attached hydrogens (primary N) is 1. The third-order valence-corrected chi connectivity index (χ3v) is 9.40. The van der Waals surface area contributed by atoms with Crippen molar-refractivity contribution in [1.82, 2.24) is 19.5 Å². The molecule has 2 aliphatic rings. The Morgan fingerprint density at radius 2 is 1.94 bits per heavy atom. The second kappa shape index (κ2) is 6.52. The van der Waals surface area contributed by atoms with Gasteiger partial charge in [0.05, 0.1) is 22.0 Å². The molecular formula is C21H26FN5O3S. The Kier molecular flexibility index (Phi) is 4.30. The van der Waals surface area contributed by atoms with Crippen molar-refractivity contribution in [3.63, 3.8) is 0 Å². The minimum Gasteiger partial charge on any atom is -0.366 e. The van der Waals surface area contributed by atoms with E-state index in [1.165, 1.54) is 12.3 Å². The van der Waals surface area contributed by atoms with E-state index in [9.17, 15) is 17.6 Å². The Bertz CT molecular complexity index is 1310. The molecule has 0 unspecified atom stereocenters. The Morgan fingerprint density at radius 3 is 2.52 bits per heavy atom. The summed E-state index contributed by atoms with van der Waals surface area (Å²) in [5.41, 5.74) is 8.06. The molecule has 0 spiro atoms. The lowest BCUT2D eigenvalue weighted by Crippen LogP contribution is -2.46. The number of nitrogens with one attached hydrogen (secondary N) is 1. The zero-order valence-corrected chi connectivity index (χ0v) is 18.4. The van der Waals surface area contributed by atoms with Crippen LogP contribution in [0.3, 0.4) is 0 Å². The number of imidazole rings is 1. The number of rotatable bonds is 5. The molecule has 3 N–H and O–H groups in total. The van der Waals surface area contributed by atoms with Crippen LogP contribution in [0.4, 0.5) is 4.39 Å². The lowest BCUT2D eigenvalue weighted by molar-refractivity contribution is 0.100. The molecule has 1 aliphatic heterocycles. The second-order valence-electron chi connectivity index (χ2n) is 9.45.